The molecule has 0 saturated carbocycles. The third-order valence-electron chi connectivity index (χ3n) is 3.15. The van der Waals surface area contributed by atoms with Crippen molar-refractivity contribution in [3.05, 3.63) is 24.3 Å². The Labute approximate surface area is 114 Å². The van der Waals surface area contributed by atoms with E-state index < -0.39 is 0 Å². The smallest absolute Gasteiger partial charge is 0.322 e. The Balaban J connectivity index is 2.73. The summed E-state index contributed by atoms with van der Waals surface area (Å²) in [6.45, 7) is 4.38. The first-order valence-electron chi connectivity index (χ1n) is 6.66. The molecule has 1 aromatic rings. The molecule has 0 heterocycles. The molecule has 0 unspecified atom stereocenters. The van der Waals surface area contributed by atoms with Gasteiger partial charge in [0, 0.05) is 24.0 Å². The lowest BCUT2D eigenvalue weighted by molar-refractivity contribution is 0.158. The summed E-state index contributed by atoms with van der Waals surface area (Å²) in [6.07, 6.45) is 1.73. The summed E-state index contributed by atoms with van der Waals surface area (Å²) in [6, 6.07) is 6.95. The van der Waals surface area contributed by atoms with Crippen LogP contribution in [0.5, 0.6) is 0 Å². The quantitative estimate of drug-likeness (QED) is 0.690. The van der Waals surface area contributed by atoms with Gasteiger partial charge in [0.15, 0.2) is 0 Å². The molecule has 19 heavy (non-hydrogen) atoms. The Morgan fingerprint density at radius 2 is 1.89 bits per heavy atom. The van der Waals surface area contributed by atoms with Crippen molar-refractivity contribution in [2.24, 2.45) is 0 Å². The van der Waals surface area contributed by atoms with Crippen LogP contribution < -0.4 is 11.1 Å². The highest BCUT2D eigenvalue weighted by Gasteiger charge is 2.20. The molecule has 0 spiro atoms. The van der Waals surface area contributed by atoms with Gasteiger partial charge in [-0.25, -0.2) is 4.79 Å². The number of hydrogen-bond donors (Lipinski definition) is 3. The molecule has 0 aliphatic heterocycles. The Hall–Kier alpha value is -1.75. The lowest BCUT2D eigenvalue weighted by Crippen LogP contribution is -2.44. The topological polar surface area (TPSA) is 78.6 Å². The SMILES string of the molecule is CCC(CC)N(CCO)C(=O)Nc1ccc(N)cc1. The van der Waals surface area contributed by atoms with Crippen LogP contribution in [0.15, 0.2) is 24.3 Å². The highest BCUT2D eigenvalue weighted by Crippen LogP contribution is 2.14. The molecule has 0 radical (unpaired) electrons. The van der Waals surface area contributed by atoms with Gasteiger partial charge in [-0.1, -0.05) is 13.8 Å². The van der Waals surface area contributed by atoms with Gasteiger partial charge in [-0.15, -0.1) is 0 Å². The summed E-state index contributed by atoms with van der Waals surface area (Å²) >= 11 is 0. The maximum Gasteiger partial charge on any atom is 0.322 e. The number of carbonyl (C=O) groups is 1. The number of benzene rings is 1. The predicted octanol–water partition coefficient (Wildman–Crippen LogP) is 2.28. The summed E-state index contributed by atoms with van der Waals surface area (Å²) in [4.78, 5) is 13.9. The van der Waals surface area contributed by atoms with Crippen LogP contribution >= 0.6 is 0 Å². The van der Waals surface area contributed by atoms with Crippen LogP contribution in [0, 0.1) is 0 Å². The lowest BCUT2D eigenvalue weighted by Gasteiger charge is -2.30. The molecule has 0 atom stereocenters. The van der Waals surface area contributed by atoms with Gasteiger partial charge in [0.1, 0.15) is 0 Å². The lowest BCUT2D eigenvalue weighted by atomic mass is 10.1. The van der Waals surface area contributed by atoms with Crippen molar-refractivity contribution >= 4 is 17.4 Å². The molecule has 5 nitrogen and oxygen atoms in total. The Bertz CT molecular complexity index is 388. The van der Waals surface area contributed by atoms with Gasteiger partial charge in [-0.3, -0.25) is 0 Å². The molecule has 0 saturated heterocycles. The van der Waals surface area contributed by atoms with E-state index >= 15 is 0 Å². The number of nitrogens with zero attached hydrogens (tertiary/aromatic N) is 1. The summed E-state index contributed by atoms with van der Waals surface area (Å²) < 4.78 is 0. The normalized spacial score (nSPS) is 10.5. The van der Waals surface area contributed by atoms with Crippen molar-refractivity contribution < 1.29 is 9.90 Å². The molecule has 1 rings (SSSR count). The van der Waals surface area contributed by atoms with Gasteiger partial charge < -0.3 is 21.1 Å². The molecular formula is C14H23N3O2. The second-order valence-electron chi connectivity index (χ2n) is 4.44. The zero-order chi connectivity index (χ0) is 14.3. The first-order valence-corrected chi connectivity index (χ1v) is 6.66. The average molecular weight is 265 g/mol. The van der Waals surface area contributed by atoms with Gasteiger partial charge in [0.2, 0.25) is 0 Å². The monoisotopic (exact) mass is 265 g/mol. The fourth-order valence-corrected chi connectivity index (χ4v) is 2.05. The molecule has 1 aromatic carbocycles. The number of urea groups is 1. The molecule has 0 fully saturated rings. The fourth-order valence-electron chi connectivity index (χ4n) is 2.05. The van der Waals surface area contributed by atoms with E-state index in [1.807, 2.05) is 13.8 Å². The van der Waals surface area contributed by atoms with Crippen LogP contribution in [-0.4, -0.2) is 35.2 Å². The van der Waals surface area contributed by atoms with Gasteiger partial charge in [0.05, 0.1) is 6.61 Å². The third-order valence-corrected chi connectivity index (χ3v) is 3.15. The molecule has 0 bridgehead atoms. The Morgan fingerprint density at radius 3 is 2.37 bits per heavy atom. The zero-order valence-corrected chi connectivity index (χ0v) is 11.6. The van der Waals surface area contributed by atoms with E-state index in [9.17, 15) is 4.79 Å². The third kappa shape index (κ3) is 4.44. The maximum absolute atomic E-state index is 12.2. The van der Waals surface area contributed by atoms with Crippen LogP contribution in [0.1, 0.15) is 26.7 Å². The van der Waals surface area contributed by atoms with E-state index in [-0.39, 0.29) is 18.7 Å². The predicted molar refractivity (Wildman–Crippen MR) is 78.0 cm³/mol. The van der Waals surface area contributed by atoms with E-state index in [0.29, 0.717) is 17.9 Å². The number of rotatable bonds is 6. The average Bonchev–Trinajstić information content (AvgIpc) is 2.41. The van der Waals surface area contributed by atoms with Crippen molar-refractivity contribution in [3.63, 3.8) is 0 Å². The van der Waals surface area contributed by atoms with Crippen LogP contribution in [0.2, 0.25) is 0 Å². The highest BCUT2D eigenvalue weighted by atomic mass is 16.3. The maximum atomic E-state index is 12.2. The first kappa shape index (κ1) is 15.3. The van der Waals surface area contributed by atoms with Crippen LogP contribution in [0.4, 0.5) is 16.2 Å². The molecule has 5 heteroatoms. The summed E-state index contributed by atoms with van der Waals surface area (Å²) in [5.74, 6) is 0. The van der Waals surface area contributed by atoms with Crippen molar-refractivity contribution in [3.8, 4) is 0 Å². The molecule has 0 aliphatic carbocycles. The number of nitrogen functional groups attached to an aromatic ring is 1. The van der Waals surface area contributed by atoms with Crippen LogP contribution in [0.25, 0.3) is 0 Å². The second-order valence-corrected chi connectivity index (χ2v) is 4.44. The second kappa shape index (κ2) is 7.63. The van der Waals surface area contributed by atoms with E-state index in [4.69, 9.17) is 10.8 Å². The number of anilines is 2. The summed E-state index contributed by atoms with van der Waals surface area (Å²) in [7, 11) is 0. The van der Waals surface area contributed by atoms with Gasteiger partial charge >= 0.3 is 6.03 Å². The van der Waals surface area contributed by atoms with Crippen LogP contribution in [-0.2, 0) is 0 Å². The number of aliphatic hydroxyl groups is 1. The van der Waals surface area contributed by atoms with E-state index in [0.717, 1.165) is 12.8 Å². The van der Waals surface area contributed by atoms with Gasteiger partial charge in [0.25, 0.3) is 0 Å². The molecule has 4 N–H and O–H groups in total. The number of nitrogens with one attached hydrogen (secondary N) is 1. The fraction of sp³-hybridized carbons (Fsp3) is 0.500. The van der Waals surface area contributed by atoms with Crippen molar-refractivity contribution in [1.29, 1.82) is 0 Å². The summed E-state index contributed by atoms with van der Waals surface area (Å²) in [5, 5.41) is 11.9. The Kier molecular flexibility index (Phi) is 6.15. The number of hydrogen-bond acceptors (Lipinski definition) is 3. The number of nitrogens with two attached hydrogens (primary N) is 1. The summed E-state index contributed by atoms with van der Waals surface area (Å²) in [5.41, 5.74) is 6.96. The Morgan fingerprint density at radius 1 is 1.32 bits per heavy atom. The molecule has 106 valence electrons. The minimum atomic E-state index is -0.187. The number of aliphatic hydroxyl groups excluding tert-OH is 1. The number of carbonyl (C=O) groups excluding carboxylic acids is 1. The molecule has 2 amide bonds. The van der Waals surface area contributed by atoms with Crippen molar-refractivity contribution in [1.82, 2.24) is 4.90 Å². The molecular weight excluding hydrogens is 242 g/mol. The minimum absolute atomic E-state index is 0.0361. The molecule has 0 aliphatic rings. The highest BCUT2D eigenvalue weighted by molar-refractivity contribution is 5.89. The minimum Gasteiger partial charge on any atom is -0.399 e. The van der Waals surface area contributed by atoms with Crippen LogP contribution in [0.3, 0.4) is 0 Å². The largest absolute Gasteiger partial charge is 0.399 e. The standard InChI is InChI=1S/C14H23N3O2/c1-3-13(4-2)17(9-10-18)14(19)16-12-7-5-11(15)6-8-12/h5-8,13,18H,3-4,9-10,15H2,1-2H3,(H,16,19). The first-order chi connectivity index (χ1) is 9.12. The van der Waals surface area contributed by atoms with E-state index in [1.165, 1.54) is 0 Å². The van der Waals surface area contributed by atoms with E-state index in [1.54, 1.807) is 29.2 Å². The van der Waals surface area contributed by atoms with Crippen molar-refractivity contribution in [2.75, 3.05) is 24.2 Å². The zero-order valence-electron chi connectivity index (χ0n) is 11.6. The van der Waals surface area contributed by atoms with Crippen molar-refractivity contribution in [2.45, 2.75) is 32.7 Å². The number of amides is 2. The molecule has 0 aromatic heterocycles. The van der Waals surface area contributed by atoms with Gasteiger partial charge in [-0.2, -0.15) is 0 Å². The van der Waals surface area contributed by atoms with E-state index in [2.05, 4.69) is 5.32 Å². The van der Waals surface area contributed by atoms with Gasteiger partial charge in [-0.05, 0) is 37.1 Å².